The van der Waals surface area contributed by atoms with Gasteiger partial charge >= 0.3 is 18.0 Å². The first-order valence-electron chi connectivity index (χ1n) is 18.4. The Labute approximate surface area is 299 Å². The molecule has 3 rings (SSSR count). The third kappa shape index (κ3) is 12.5. The van der Waals surface area contributed by atoms with Crippen LogP contribution in [-0.2, 0) is 28.5 Å². The van der Waals surface area contributed by atoms with Crippen LogP contribution in [0.25, 0.3) is 0 Å². The van der Waals surface area contributed by atoms with Crippen LogP contribution < -0.4 is 5.73 Å². The number of ether oxygens (including phenoxy) is 4. The number of hydrogen-bond acceptors (Lipinski definition) is 11. The van der Waals surface area contributed by atoms with E-state index in [1.54, 1.807) is 37.0 Å². The lowest BCUT2D eigenvalue weighted by Gasteiger charge is -2.39. The van der Waals surface area contributed by atoms with Crippen molar-refractivity contribution in [1.29, 1.82) is 0 Å². The average molecular weight is 706 g/mol. The SMILES string of the molecule is CC[C@H](O)[C@@H](C)[C@H]1O[C@@H]1C[C@@](C)(O)/C=C/C=C(\C)[C@H]1OC(=O)C[C@H](C)CC[C@@](C)(OC(C)=O)[C@@H](OC(=O)N2CCN(CCN)CC2)/C=C/[C@@H]1C. The van der Waals surface area contributed by atoms with Gasteiger partial charge in [-0.25, -0.2) is 4.79 Å². The summed E-state index contributed by atoms with van der Waals surface area (Å²) >= 11 is 0. The van der Waals surface area contributed by atoms with Gasteiger partial charge in [0.2, 0.25) is 0 Å². The highest BCUT2D eigenvalue weighted by atomic mass is 16.6. The van der Waals surface area contributed by atoms with Crippen molar-refractivity contribution >= 4 is 18.0 Å². The van der Waals surface area contributed by atoms with E-state index in [9.17, 15) is 24.6 Å². The van der Waals surface area contributed by atoms with E-state index in [0.29, 0.717) is 58.4 Å². The Morgan fingerprint density at radius 2 is 1.88 bits per heavy atom. The number of epoxide rings is 1. The molecule has 1 amide bonds. The summed E-state index contributed by atoms with van der Waals surface area (Å²) in [4.78, 5) is 42.8. The summed E-state index contributed by atoms with van der Waals surface area (Å²) < 4.78 is 23.8. The van der Waals surface area contributed by atoms with Crippen LogP contribution in [0.4, 0.5) is 4.79 Å². The molecule has 0 unspecified atom stereocenters. The molecule has 50 heavy (non-hydrogen) atoms. The van der Waals surface area contributed by atoms with Crippen molar-refractivity contribution in [3.63, 3.8) is 0 Å². The second-order valence-corrected chi connectivity index (χ2v) is 15.1. The second-order valence-electron chi connectivity index (χ2n) is 15.1. The van der Waals surface area contributed by atoms with Crippen LogP contribution in [0, 0.1) is 17.8 Å². The van der Waals surface area contributed by atoms with E-state index in [-0.39, 0.29) is 42.4 Å². The van der Waals surface area contributed by atoms with Crippen LogP contribution in [0.2, 0.25) is 0 Å². The standard InChI is InChI=1S/C38H63N3O9/c1-9-30(43)28(5)35-31(47-35)24-37(7,46)15-10-11-26(3)34-27(4)12-13-32(48-36(45)41-21-19-40(18-17-39)20-22-41)38(8,50-29(6)42)16-14-25(2)23-33(44)49-34/h10-13,15,25,27-28,30-32,34-35,43,46H,9,14,16-24,39H2,1-8H3/b13-12+,15-10+,26-11+/t25-,27+,28-,30+,31-,32+,34-,35-,37+,38-/m1/s1. The number of allylic oxidation sites excluding steroid dienone is 2. The van der Waals surface area contributed by atoms with Gasteiger partial charge in [-0.3, -0.25) is 14.5 Å². The molecule has 4 N–H and O–H groups in total. The molecule has 2 saturated heterocycles. The smallest absolute Gasteiger partial charge is 0.410 e. The van der Waals surface area contributed by atoms with Crippen molar-refractivity contribution in [3.05, 3.63) is 36.0 Å². The number of rotatable bonds is 12. The van der Waals surface area contributed by atoms with Gasteiger partial charge in [0.15, 0.2) is 6.10 Å². The molecule has 0 aromatic rings. The summed E-state index contributed by atoms with van der Waals surface area (Å²) in [5.74, 6) is -1.25. The monoisotopic (exact) mass is 705 g/mol. The predicted octanol–water partition coefficient (Wildman–Crippen LogP) is 4.13. The third-order valence-electron chi connectivity index (χ3n) is 10.3. The fourth-order valence-electron chi connectivity index (χ4n) is 6.92. The van der Waals surface area contributed by atoms with Gasteiger partial charge in [-0.1, -0.05) is 52.0 Å². The number of carbonyl (C=O) groups is 3. The van der Waals surface area contributed by atoms with Crippen LogP contribution in [0.1, 0.15) is 87.5 Å². The van der Waals surface area contributed by atoms with Gasteiger partial charge in [0, 0.05) is 70.9 Å². The molecule has 12 nitrogen and oxygen atoms in total. The first-order chi connectivity index (χ1) is 23.5. The number of cyclic esters (lactones) is 1. The quantitative estimate of drug-likeness (QED) is 0.0880. The van der Waals surface area contributed by atoms with E-state index in [0.717, 1.165) is 12.1 Å². The Hall–Kier alpha value is -2.77. The van der Waals surface area contributed by atoms with Crippen LogP contribution in [0.3, 0.4) is 0 Å². The Bertz CT molecular complexity index is 1230. The Kier molecular flexibility index (Phi) is 15.5. The van der Waals surface area contributed by atoms with Gasteiger partial charge in [-0.05, 0) is 57.6 Å². The molecule has 10 atom stereocenters. The molecule has 0 radical (unpaired) electrons. The molecule has 0 bridgehead atoms. The zero-order chi connectivity index (χ0) is 37.2. The zero-order valence-corrected chi connectivity index (χ0v) is 31.5. The number of aliphatic hydroxyl groups excluding tert-OH is 1. The van der Waals surface area contributed by atoms with Crippen LogP contribution in [0.5, 0.6) is 0 Å². The highest BCUT2D eigenvalue weighted by molar-refractivity contribution is 5.70. The number of aliphatic hydroxyl groups is 2. The number of hydrogen-bond donors (Lipinski definition) is 3. The summed E-state index contributed by atoms with van der Waals surface area (Å²) in [7, 11) is 0. The molecule has 284 valence electrons. The fraction of sp³-hybridized carbons (Fsp3) is 0.763. The average Bonchev–Trinajstić information content (AvgIpc) is 3.81. The first kappa shape index (κ1) is 41.6. The normalized spacial score (nSPS) is 33.3. The molecule has 0 saturated carbocycles. The fourth-order valence-corrected chi connectivity index (χ4v) is 6.92. The number of nitrogens with zero attached hydrogens (tertiary/aromatic N) is 2. The second kappa shape index (κ2) is 18.6. The van der Waals surface area contributed by atoms with Gasteiger partial charge < -0.3 is 39.8 Å². The molecule has 0 aromatic heterocycles. The maximum Gasteiger partial charge on any atom is 0.410 e. The molecule has 3 heterocycles. The summed E-state index contributed by atoms with van der Waals surface area (Å²) in [6, 6.07) is 0. The molecule has 12 heteroatoms. The third-order valence-corrected chi connectivity index (χ3v) is 10.3. The van der Waals surface area contributed by atoms with Crippen molar-refractivity contribution in [2.45, 2.75) is 129 Å². The molecule has 2 fully saturated rings. The Balaban J connectivity index is 1.81. The molecular formula is C38H63N3O9. The number of amides is 1. The highest BCUT2D eigenvalue weighted by Crippen LogP contribution is 2.38. The lowest BCUT2D eigenvalue weighted by atomic mass is 9.86. The molecule has 0 aliphatic carbocycles. The highest BCUT2D eigenvalue weighted by Gasteiger charge is 2.47. The number of nitrogens with two attached hydrogens (primary N) is 1. The maximum atomic E-state index is 13.5. The summed E-state index contributed by atoms with van der Waals surface area (Å²) in [5, 5.41) is 21.2. The van der Waals surface area contributed by atoms with Crippen molar-refractivity contribution < 1.29 is 43.5 Å². The molecular weight excluding hydrogens is 642 g/mol. The van der Waals surface area contributed by atoms with Gasteiger partial charge in [-0.2, -0.15) is 0 Å². The van der Waals surface area contributed by atoms with Crippen LogP contribution in [0.15, 0.2) is 36.0 Å². The Morgan fingerprint density at radius 1 is 1.20 bits per heavy atom. The van der Waals surface area contributed by atoms with Crippen molar-refractivity contribution in [1.82, 2.24) is 9.80 Å². The van der Waals surface area contributed by atoms with E-state index in [2.05, 4.69) is 4.90 Å². The summed E-state index contributed by atoms with van der Waals surface area (Å²) in [5.41, 5.74) is 4.16. The van der Waals surface area contributed by atoms with Gasteiger partial charge in [0.25, 0.3) is 0 Å². The maximum absolute atomic E-state index is 13.5. The number of carbonyl (C=O) groups excluding carboxylic acids is 3. The van der Waals surface area contributed by atoms with Gasteiger partial charge in [0.1, 0.15) is 11.7 Å². The number of piperazine rings is 1. The summed E-state index contributed by atoms with van der Waals surface area (Å²) in [6.07, 6.45) is 8.35. The number of esters is 2. The predicted molar refractivity (Wildman–Crippen MR) is 191 cm³/mol. The topological polar surface area (TPSA) is 164 Å². The lowest BCUT2D eigenvalue weighted by molar-refractivity contribution is -0.167. The van der Waals surface area contributed by atoms with Crippen molar-refractivity contribution in [3.8, 4) is 0 Å². The molecule has 0 spiro atoms. The van der Waals surface area contributed by atoms with Crippen molar-refractivity contribution in [2.75, 3.05) is 39.3 Å². The van der Waals surface area contributed by atoms with Gasteiger partial charge in [0.05, 0.1) is 23.9 Å². The van der Waals surface area contributed by atoms with E-state index >= 15 is 0 Å². The largest absolute Gasteiger partial charge is 0.457 e. The van der Waals surface area contributed by atoms with Gasteiger partial charge in [-0.15, -0.1) is 0 Å². The van der Waals surface area contributed by atoms with Crippen molar-refractivity contribution in [2.24, 2.45) is 23.5 Å². The van der Waals surface area contributed by atoms with E-state index < -0.39 is 41.6 Å². The van der Waals surface area contributed by atoms with E-state index in [1.165, 1.54) is 6.92 Å². The molecule has 3 aliphatic heterocycles. The molecule has 0 aromatic carbocycles. The minimum atomic E-state index is -1.16. The van der Waals surface area contributed by atoms with E-state index in [1.807, 2.05) is 46.8 Å². The van der Waals surface area contributed by atoms with Crippen LogP contribution in [-0.4, -0.2) is 119 Å². The first-order valence-corrected chi connectivity index (χ1v) is 18.4. The minimum absolute atomic E-state index is 0.00725. The van der Waals surface area contributed by atoms with E-state index in [4.69, 9.17) is 24.7 Å². The molecule has 3 aliphatic rings. The van der Waals surface area contributed by atoms with Crippen LogP contribution >= 0.6 is 0 Å². The Morgan fingerprint density at radius 3 is 2.50 bits per heavy atom. The zero-order valence-electron chi connectivity index (χ0n) is 31.5. The minimum Gasteiger partial charge on any atom is -0.457 e. The summed E-state index contributed by atoms with van der Waals surface area (Å²) in [6.45, 7) is 18.2. The lowest BCUT2D eigenvalue weighted by Crippen LogP contribution is -2.52.